The molecule has 1 saturated carbocycles. The molecule has 1 aromatic carbocycles. The smallest absolute Gasteiger partial charge is 0.319 e. The largest absolute Gasteiger partial charge is 0.469 e. The molecule has 0 saturated heterocycles. The molecule has 1 aromatic rings. The van der Waals surface area contributed by atoms with Crippen molar-refractivity contribution >= 4 is 40.9 Å². The van der Waals surface area contributed by atoms with Crippen molar-refractivity contribution < 1.29 is 14.3 Å². The van der Waals surface area contributed by atoms with Crippen molar-refractivity contribution in [1.29, 1.82) is 0 Å². The lowest BCUT2D eigenvalue weighted by atomic mass is 10.0. The molecule has 0 spiro atoms. The third-order valence-corrected chi connectivity index (χ3v) is 4.08. The minimum atomic E-state index is -0.417. The molecule has 2 atom stereocenters. The van der Waals surface area contributed by atoms with E-state index in [2.05, 4.69) is 10.6 Å². The summed E-state index contributed by atoms with van der Waals surface area (Å²) in [6.45, 7) is 0. The van der Waals surface area contributed by atoms with Gasteiger partial charge in [-0.25, -0.2) is 4.79 Å². The third-order valence-electron chi connectivity index (χ3n) is 3.51. The zero-order chi connectivity index (χ0) is 15.4. The maximum absolute atomic E-state index is 12.0. The number of anilines is 1. The van der Waals surface area contributed by atoms with Crippen LogP contribution in [0.4, 0.5) is 10.5 Å². The van der Waals surface area contributed by atoms with E-state index in [-0.39, 0.29) is 17.9 Å². The van der Waals surface area contributed by atoms with Gasteiger partial charge in [0.1, 0.15) is 0 Å². The Hall–Kier alpha value is -1.46. The van der Waals surface area contributed by atoms with Gasteiger partial charge >= 0.3 is 12.0 Å². The SMILES string of the molecule is COC(=O)[C@@H]1CCC[C@H]1NC(=O)Nc1cc(Cl)ccc1Cl. The maximum Gasteiger partial charge on any atom is 0.319 e. The maximum atomic E-state index is 12.0. The zero-order valence-corrected chi connectivity index (χ0v) is 13.0. The topological polar surface area (TPSA) is 67.4 Å². The molecule has 0 aromatic heterocycles. The second kappa shape index (κ2) is 7.00. The number of carbonyl (C=O) groups is 2. The van der Waals surface area contributed by atoms with Crippen LogP contribution < -0.4 is 10.6 Å². The van der Waals surface area contributed by atoms with Gasteiger partial charge in [-0.1, -0.05) is 29.6 Å². The highest BCUT2D eigenvalue weighted by Gasteiger charge is 2.34. The molecule has 1 fully saturated rings. The van der Waals surface area contributed by atoms with Crippen LogP contribution in [0.15, 0.2) is 18.2 Å². The van der Waals surface area contributed by atoms with Gasteiger partial charge in [-0.05, 0) is 31.0 Å². The fraction of sp³-hybridized carbons (Fsp3) is 0.429. The van der Waals surface area contributed by atoms with Gasteiger partial charge in [0.05, 0.1) is 23.7 Å². The molecule has 2 rings (SSSR count). The highest BCUT2D eigenvalue weighted by Crippen LogP contribution is 2.28. The van der Waals surface area contributed by atoms with E-state index >= 15 is 0 Å². The molecule has 0 heterocycles. The van der Waals surface area contributed by atoms with Crippen LogP contribution in [0.3, 0.4) is 0 Å². The second-order valence-electron chi connectivity index (χ2n) is 4.89. The van der Waals surface area contributed by atoms with Gasteiger partial charge in [-0.2, -0.15) is 0 Å². The molecular formula is C14H16Cl2N2O3. The molecule has 0 aliphatic heterocycles. The lowest BCUT2D eigenvalue weighted by molar-refractivity contribution is -0.145. The number of hydrogen-bond acceptors (Lipinski definition) is 3. The predicted molar refractivity (Wildman–Crippen MR) is 81.8 cm³/mol. The van der Waals surface area contributed by atoms with Crippen LogP contribution in [0.1, 0.15) is 19.3 Å². The number of methoxy groups -OCH3 is 1. The number of rotatable bonds is 3. The molecule has 1 aliphatic rings. The van der Waals surface area contributed by atoms with Gasteiger partial charge in [-0.3, -0.25) is 4.79 Å². The fourth-order valence-electron chi connectivity index (χ4n) is 2.49. The summed E-state index contributed by atoms with van der Waals surface area (Å²) in [5.74, 6) is -0.589. The summed E-state index contributed by atoms with van der Waals surface area (Å²) >= 11 is 11.8. The van der Waals surface area contributed by atoms with Crippen LogP contribution in [0.2, 0.25) is 10.0 Å². The van der Waals surface area contributed by atoms with Crippen LogP contribution >= 0.6 is 23.2 Å². The van der Waals surface area contributed by atoms with Gasteiger partial charge in [0.2, 0.25) is 0 Å². The number of ether oxygens (including phenoxy) is 1. The standard InChI is InChI=1S/C14H16Cl2N2O3/c1-21-13(19)9-3-2-4-11(9)17-14(20)18-12-7-8(15)5-6-10(12)16/h5-7,9,11H,2-4H2,1H3,(H2,17,18,20)/t9-,11-/m1/s1. The Morgan fingerprint density at radius 3 is 2.76 bits per heavy atom. The van der Waals surface area contributed by atoms with E-state index < -0.39 is 6.03 Å². The Morgan fingerprint density at radius 1 is 1.29 bits per heavy atom. The average molecular weight is 331 g/mol. The quantitative estimate of drug-likeness (QED) is 0.834. The summed E-state index contributed by atoms with van der Waals surface area (Å²) < 4.78 is 4.75. The Balaban J connectivity index is 1.98. The van der Waals surface area contributed by atoms with Crippen LogP contribution in [-0.4, -0.2) is 25.2 Å². The fourth-order valence-corrected chi connectivity index (χ4v) is 2.82. The number of benzene rings is 1. The van der Waals surface area contributed by atoms with Crippen molar-refractivity contribution in [3.8, 4) is 0 Å². The van der Waals surface area contributed by atoms with Crippen molar-refractivity contribution in [3.63, 3.8) is 0 Å². The summed E-state index contributed by atoms with van der Waals surface area (Å²) in [6, 6.07) is 4.16. The second-order valence-corrected chi connectivity index (χ2v) is 5.73. The van der Waals surface area contributed by atoms with Gasteiger partial charge in [0.15, 0.2) is 0 Å². The van der Waals surface area contributed by atoms with Gasteiger partial charge < -0.3 is 15.4 Å². The van der Waals surface area contributed by atoms with Gasteiger partial charge in [0, 0.05) is 11.1 Å². The zero-order valence-electron chi connectivity index (χ0n) is 11.5. The van der Waals surface area contributed by atoms with E-state index in [1.165, 1.54) is 7.11 Å². The van der Waals surface area contributed by atoms with Crippen molar-refractivity contribution in [1.82, 2.24) is 5.32 Å². The van der Waals surface area contributed by atoms with E-state index in [4.69, 9.17) is 27.9 Å². The Kier molecular flexibility index (Phi) is 5.31. The highest BCUT2D eigenvalue weighted by atomic mass is 35.5. The number of urea groups is 1. The van der Waals surface area contributed by atoms with E-state index in [1.54, 1.807) is 18.2 Å². The molecule has 7 heteroatoms. The molecule has 21 heavy (non-hydrogen) atoms. The predicted octanol–water partition coefficient (Wildman–Crippen LogP) is 3.46. The first-order valence-corrected chi connectivity index (χ1v) is 7.37. The molecule has 0 unspecified atom stereocenters. The summed E-state index contributed by atoms with van der Waals surface area (Å²) in [5, 5.41) is 6.29. The van der Waals surface area contributed by atoms with Crippen molar-refractivity contribution in [2.24, 2.45) is 5.92 Å². The first-order chi connectivity index (χ1) is 10.0. The number of carbonyl (C=O) groups excluding carboxylic acids is 2. The van der Waals surface area contributed by atoms with E-state index in [0.29, 0.717) is 15.7 Å². The first kappa shape index (κ1) is 15.9. The van der Waals surface area contributed by atoms with Crippen LogP contribution in [-0.2, 0) is 9.53 Å². The Bertz CT molecular complexity index is 551. The lowest BCUT2D eigenvalue weighted by Crippen LogP contribution is -2.42. The molecule has 1 aliphatic carbocycles. The Labute approximate surface area is 132 Å². The van der Waals surface area contributed by atoms with E-state index in [0.717, 1.165) is 19.3 Å². The van der Waals surface area contributed by atoms with Crippen molar-refractivity contribution in [3.05, 3.63) is 28.2 Å². The van der Waals surface area contributed by atoms with E-state index in [1.807, 2.05) is 0 Å². The van der Waals surface area contributed by atoms with Crippen LogP contribution in [0.25, 0.3) is 0 Å². The monoisotopic (exact) mass is 330 g/mol. The number of hydrogen-bond donors (Lipinski definition) is 2. The van der Waals surface area contributed by atoms with Gasteiger partial charge in [0.25, 0.3) is 0 Å². The van der Waals surface area contributed by atoms with E-state index in [9.17, 15) is 9.59 Å². The lowest BCUT2D eigenvalue weighted by Gasteiger charge is -2.19. The molecule has 2 amide bonds. The number of esters is 1. The average Bonchev–Trinajstić information content (AvgIpc) is 2.90. The Morgan fingerprint density at radius 2 is 2.05 bits per heavy atom. The van der Waals surface area contributed by atoms with Crippen LogP contribution in [0.5, 0.6) is 0 Å². The molecule has 0 bridgehead atoms. The molecule has 2 N–H and O–H groups in total. The molecule has 5 nitrogen and oxygen atoms in total. The summed E-state index contributed by atoms with van der Waals surface area (Å²) in [5.41, 5.74) is 0.425. The van der Waals surface area contributed by atoms with Crippen molar-refractivity contribution in [2.45, 2.75) is 25.3 Å². The molecule has 0 radical (unpaired) electrons. The number of amides is 2. The minimum Gasteiger partial charge on any atom is -0.469 e. The van der Waals surface area contributed by atoms with Crippen LogP contribution in [0, 0.1) is 5.92 Å². The number of halogens is 2. The summed E-state index contributed by atoms with van der Waals surface area (Å²) in [6.07, 6.45) is 2.34. The highest BCUT2D eigenvalue weighted by molar-refractivity contribution is 6.35. The van der Waals surface area contributed by atoms with Gasteiger partial charge in [-0.15, -0.1) is 0 Å². The molecule has 114 valence electrons. The summed E-state index contributed by atoms with van der Waals surface area (Å²) in [7, 11) is 1.35. The van der Waals surface area contributed by atoms with Crippen molar-refractivity contribution in [2.75, 3.05) is 12.4 Å². The minimum absolute atomic E-state index is 0.226. The normalized spacial score (nSPS) is 20.9. The number of nitrogens with one attached hydrogen (secondary N) is 2. The summed E-state index contributed by atoms with van der Waals surface area (Å²) in [4.78, 5) is 23.6. The molecular weight excluding hydrogens is 315 g/mol. The first-order valence-electron chi connectivity index (χ1n) is 6.61. The third kappa shape index (κ3) is 4.02.